The van der Waals surface area contributed by atoms with Crippen LogP contribution in [0.3, 0.4) is 0 Å². The van der Waals surface area contributed by atoms with Gasteiger partial charge in [-0.15, -0.1) is 0 Å². The Balaban J connectivity index is 3.02. The predicted octanol–water partition coefficient (Wildman–Crippen LogP) is 1.74. The molecule has 2 atom stereocenters. The lowest BCUT2D eigenvalue weighted by atomic mass is 9.84. The van der Waals surface area contributed by atoms with Gasteiger partial charge in [-0.25, -0.2) is 4.98 Å². The van der Waals surface area contributed by atoms with Crippen molar-refractivity contribution in [1.29, 1.82) is 0 Å². The highest BCUT2D eigenvalue weighted by Gasteiger charge is 2.34. The highest BCUT2D eigenvalue weighted by Crippen LogP contribution is 2.31. The lowest BCUT2D eigenvalue weighted by molar-refractivity contribution is -0.0128. The predicted molar refractivity (Wildman–Crippen MR) is 65.3 cm³/mol. The van der Waals surface area contributed by atoms with Crippen LogP contribution in [0.2, 0.25) is 0 Å². The first-order chi connectivity index (χ1) is 7.41. The smallest absolute Gasteiger partial charge is 0.128 e. The molecule has 1 aromatic heterocycles. The van der Waals surface area contributed by atoms with Gasteiger partial charge < -0.3 is 14.6 Å². The summed E-state index contributed by atoms with van der Waals surface area (Å²) in [6.07, 6.45) is 3.85. The SMILES string of the molecule is CNC(c1nccn1C)C(OC)C(C)(C)C. The Morgan fingerprint density at radius 3 is 2.38 bits per heavy atom. The highest BCUT2D eigenvalue weighted by molar-refractivity contribution is 5.03. The molecule has 2 unspecified atom stereocenters. The molecule has 16 heavy (non-hydrogen) atoms. The van der Waals surface area contributed by atoms with E-state index in [0.29, 0.717) is 0 Å². The first kappa shape index (κ1) is 13.2. The molecular formula is C12H23N3O. The summed E-state index contributed by atoms with van der Waals surface area (Å²) in [6, 6.07) is 0.102. The number of likely N-dealkylation sites (N-methyl/N-ethyl adjacent to an activating group) is 1. The Kier molecular flexibility index (Phi) is 4.10. The number of ether oxygens (including phenoxy) is 1. The molecule has 0 aliphatic heterocycles. The zero-order valence-electron chi connectivity index (χ0n) is 11.1. The molecule has 0 saturated heterocycles. The van der Waals surface area contributed by atoms with Crippen LogP contribution in [-0.2, 0) is 11.8 Å². The molecule has 0 fully saturated rings. The van der Waals surface area contributed by atoms with Gasteiger partial charge in [0.05, 0.1) is 12.1 Å². The molecular weight excluding hydrogens is 202 g/mol. The van der Waals surface area contributed by atoms with Crippen molar-refractivity contribution >= 4 is 0 Å². The summed E-state index contributed by atoms with van der Waals surface area (Å²) in [7, 11) is 5.70. The van der Waals surface area contributed by atoms with Crippen LogP contribution in [0.5, 0.6) is 0 Å². The second-order valence-corrected chi connectivity index (χ2v) is 5.19. The van der Waals surface area contributed by atoms with Crippen LogP contribution in [0, 0.1) is 5.41 Å². The van der Waals surface area contributed by atoms with Crippen molar-refractivity contribution in [3.8, 4) is 0 Å². The van der Waals surface area contributed by atoms with Gasteiger partial charge in [0, 0.05) is 26.6 Å². The van der Waals surface area contributed by atoms with Crippen molar-refractivity contribution in [3.05, 3.63) is 18.2 Å². The van der Waals surface area contributed by atoms with E-state index in [0.717, 1.165) is 5.82 Å². The summed E-state index contributed by atoms with van der Waals surface area (Å²) in [5, 5.41) is 3.29. The van der Waals surface area contributed by atoms with E-state index in [9.17, 15) is 0 Å². The van der Waals surface area contributed by atoms with Crippen molar-refractivity contribution < 1.29 is 4.74 Å². The lowest BCUT2D eigenvalue weighted by Crippen LogP contribution is -2.41. The first-order valence-electron chi connectivity index (χ1n) is 5.59. The number of methoxy groups -OCH3 is 1. The molecule has 1 aromatic rings. The number of nitrogens with zero attached hydrogens (tertiary/aromatic N) is 2. The molecule has 1 heterocycles. The molecule has 0 bridgehead atoms. The van der Waals surface area contributed by atoms with Gasteiger partial charge in [0.1, 0.15) is 5.82 Å². The quantitative estimate of drug-likeness (QED) is 0.848. The zero-order valence-corrected chi connectivity index (χ0v) is 11.1. The minimum atomic E-state index is 0.0639. The molecule has 0 amide bonds. The van der Waals surface area contributed by atoms with Crippen molar-refractivity contribution in [2.45, 2.75) is 32.9 Å². The maximum absolute atomic E-state index is 5.63. The van der Waals surface area contributed by atoms with Gasteiger partial charge in [0.2, 0.25) is 0 Å². The third kappa shape index (κ3) is 2.62. The average molecular weight is 225 g/mol. The second-order valence-electron chi connectivity index (χ2n) is 5.19. The topological polar surface area (TPSA) is 39.1 Å². The molecule has 92 valence electrons. The van der Waals surface area contributed by atoms with Crippen LogP contribution >= 0.6 is 0 Å². The van der Waals surface area contributed by atoms with E-state index in [-0.39, 0.29) is 17.6 Å². The molecule has 0 aliphatic carbocycles. The van der Waals surface area contributed by atoms with Gasteiger partial charge >= 0.3 is 0 Å². The lowest BCUT2D eigenvalue weighted by Gasteiger charge is -2.35. The minimum absolute atomic E-state index is 0.0639. The number of imidazole rings is 1. The fourth-order valence-corrected chi connectivity index (χ4v) is 2.08. The summed E-state index contributed by atoms with van der Waals surface area (Å²) in [4.78, 5) is 4.39. The zero-order chi connectivity index (χ0) is 12.3. The summed E-state index contributed by atoms with van der Waals surface area (Å²) in [5.41, 5.74) is 0.0639. The molecule has 1 rings (SSSR count). The molecule has 4 heteroatoms. The molecule has 4 nitrogen and oxygen atoms in total. The van der Waals surface area contributed by atoms with E-state index < -0.39 is 0 Å². The van der Waals surface area contributed by atoms with E-state index in [1.165, 1.54) is 0 Å². The van der Waals surface area contributed by atoms with Gasteiger partial charge in [-0.3, -0.25) is 0 Å². The summed E-state index contributed by atoms with van der Waals surface area (Å²) in [6.45, 7) is 6.53. The Morgan fingerprint density at radius 1 is 1.44 bits per heavy atom. The Labute approximate surface area is 98.0 Å². The fourth-order valence-electron chi connectivity index (χ4n) is 2.08. The van der Waals surface area contributed by atoms with Crippen LogP contribution in [0.25, 0.3) is 0 Å². The van der Waals surface area contributed by atoms with Crippen molar-refractivity contribution in [1.82, 2.24) is 14.9 Å². The van der Waals surface area contributed by atoms with Crippen LogP contribution in [0.4, 0.5) is 0 Å². The maximum Gasteiger partial charge on any atom is 0.128 e. The third-order valence-corrected chi connectivity index (χ3v) is 2.86. The number of hydrogen-bond acceptors (Lipinski definition) is 3. The Hall–Kier alpha value is -0.870. The first-order valence-corrected chi connectivity index (χ1v) is 5.59. The van der Waals surface area contributed by atoms with E-state index in [1.807, 2.05) is 31.1 Å². The van der Waals surface area contributed by atoms with Gasteiger partial charge in [0.15, 0.2) is 0 Å². The summed E-state index contributed by atoms with van der Waals surface area (Å²) in [5.74, 6) is 1.00. The van der Waals surface area contributed by atoms with E-state index >= 15 is 0 Å². The molecule has 0 aliphatic rings. The van der Waals surface area contributed by atoms with Crippen molar-refractivity contribution in [2.75, 3.05) is 14.2 Å². The average Bonchev–Trinajstić information content (AvgIpc) is 2.58. The van der Waals surface area contributed by atoms with Crippen molar-refractivity contribution in [3.63, 3.8) is 0 Å². The monoisotopic (exact) mass is 225 g/mol. The van der Waals surface area contributed by atoms with Crippen LogP contribution in [0.15, 0.2) is 12.4 Å². The summed E-state index contributed by atoms with van der Waals surface area (Å²) < 4.78 is 7.66. The number of aromatic nitrogens is 2. The molecule has 0 saturated carbocycles. The van der Waals surface area contributed by atoms with Gasteiger partial charge in [-0.2, -0.15) is 0 Å². The van der Waals surface area contributed by atoms with E-state index in [2.05, 4.69) is 31.1 Å². The van der Waals surface area contributed by atoms with Gasteiger partial charge in [0.25, 0.3) is 0 Å². The summed E-state index contributed by atoms with van der Waals surface area (Å²) >= 11 is 0. The van der Waals surface area contributed by atoms with Crippen LogP contribution < -0.4 is 5.32 Å². The molecule has 1 N–H and O–H groups in total. The fraction of sp³-hybridized carbons (Fsp3) is 0.750. The number of aryl methyl sites for hydroxylation is 1. The minimum Gasteiger partial charge on any atom is -0.379 e. The maximum atomic E-state index is 5.63. The molecule has 0 radical (unpaired) electrons. The second kappa shape index (κ2) is 4.97. The normalized spacial score (nSPS) is 16.1. The van der Waals surface area contributed by atoms with E-state index in [1.54, 1.807) is 7.11 Å². The number of hydrogen-bond donors (Lipinski definition) is 1. The number of nitrogens with one attached hydrogen (secondary N) is 1. The van der Waals surface area contributed by atoms with Gasteiger partial charge in [-0.05, 0) is 12.5 Å². The van der Waals surface area contributed by atoms with Crippen LogP contribution in [0.1, 0.15) is 32.6 Å². The highest BCUT2D eigenvalue weighted by atomic mass is 16.5. The van der Waals surface area contributed by atoms with Crippen molar-refractivity contribution in [2.24, 2.45) is 12.5 Å². The molecule has 0 spiro atoms. The molecule has 0 aromatic carbocycles. The largest absolute Gasteiger partial charge is 0.379 e. The van der Waals surface area contributed by atoms with E-state index in [4.69, 9.17) is 4.74 Å². The number of rotatable bonds is 4. The third-order valence-electron chi connectivity index (χ3n) is 2.86. The Bertz CT molecular complexity index is 327. The standard InChI is InChI=1S/C12H23N3O/c1-12(2,3)10(16-6)9(13-4)11-14-7-8-15(11)5/h7-10,13H,1-6H3. The van der Waals surface area contributed by atoms with Crippen LogP contribution in [-0.4, -0.2) is 29.8 Å². The van der Waals surface area contributed by atoms with Gasteiger partial charge in [-0.1, -0.05) is 20.8 Å². The Morgan fingerprint density at radius 2 is 2.06 bits per heavy atom.